The number of imidazole rings is 1. The average molecular weight is 371 g/mol. The lowest BCUT2D eigenvalue weighted by Crippen LogP contribution is -2.69. The van der Waals surface area contributed by atoms with Gasteiger partial charge in [-0.25, -0.2) is 4.98 Å². The second kappa shape index (κ2) is 7.15. The monoisotopic (exact) mass is 371 g/mol. The van der Waals surface area contributed by atoms with Gasteiger partial charge in [0.25, 0.3) is 0 Å². The standard InChI is InChI=1S/C18H25N7O2/c1-3-24-9-13(12(2)22-24)8-23-4-5-25-16(10-23)17(26)21-15(18(25)27)6-14-7-19-11-20-14/h7,9,11,15-16H,3-6,8,10H2,1-2H3,(H,19,20)(H,21,26)/t15-,16+/m0/s1. The molecule has 4 heterocycles. The number of aromatic nitrogens is 4. The lowest BCUT2D eigenvalue weighted by atomic mass is 10.0. The highest BCUT2D eigenvalue weighted by Crippen LogP contribution is 2.20. The summed E-state index contributed by atoms with van der Waals surface area (Å²) in [4.78, 5) is 36.4. The first-order chi connectivity index (χ1) is 13.0. The maximum absolute atomic E-state index is 12.8. The number of hydrogen-bond acceptors (Lipinski definition) is 5. The number of aryl methyl sites for hydroxylation is 2. The molecule has 0 radical (unpaired) electrons. The van der Waals surface area contributed by atoms with Gasteiger partial charge in [0.2, 0.25) is 11.8 Å². The number of piperazine rings is 2. The van der Waals surface area contributed by atoms with Gasteiger partial charge < -0.3 is 15.2 Å². The summed E-state index contributed by atoms with van der Waals surface area (Å²) in [6, 6.07) is -0.948. The molecule has 2 fully saturated rings. The second-order valence-electron chi connectivity index (χ2n) is 7.22. The molecule has 2 aromatic rings. The number of aromatic amines is 1. The Bertz CT molecular complexity index is 829. The maximum atomic E-state index is 12.8. The van der Waals surface area contributed by atoms with Crippen molar-refractivity contribution in [2.45, 2.75) is 45.4 Å². The summed E-state index contributed by atoms with van der Waals surface area (Å²) in [6.45, 7) is 7.52. The zero-order chi connectivity index (χ0) is 19.0. The van der Waals surface area contributed by atoms with Crippen molar-refractivity contribution in [3.05, 3.63) is 35.7 Å². The Kier molecular flexibility index (Phi) is 4.69. The number of hydrogen-bond donors (Lipinski definition) is 2. The molecule has 0 aromatic carbocycles. The first-order valence-corrected chi connectivity index (χ1v) is 9.38. The van der Waals surface area contributed by atoms with Crippen molar-refractivity contribution in [2.24, 2.45) is 0 Å². The Morgan fingerprint density at radius 1 is 1.30 bits per heavy atom. The van der Waals surface area contributed by atoms with E-state index in [2.05, 4.69) is 38.4 Å². The zero-order valence-electron chi connectivity index (χ0n) is 15.7. The molecular weight excluding hydrogens is 346 g/mol. The molecule has 4 rings (SSSR count). The number of nitrogens with zero attached hydrogens (tertiary/aromatic N) is 5. The van der Waals surface area contributed by atoms with Crippen LogP contribution >= 0.6 is 0 Å². The highest BCUT2D eigenvalue weighted by atomic mass is 16.2. The fraction of sp³-hybridized carbons (Fsp3) is 0.556. The Hall–Kier alpha value is -2.68. The molecule has 2 saturated heterocycles. The number of nitrogens with one attached hydrogen (secondary N) is 2. The van der Waals surface area contributed by atoms with E-state index in [0.29, 0.717) is 19.5 Å². The Morgan fingerprint density at radius 2 is 2.15 bits per heavy atom. The molecule has 0 spiro atoms. The molecule has 144 valence electrons. The molecule has 0 unspecified atom stereocenters. The van der Waals surface area contributed by atoms with Crippen LogP contribution in [0, 0.1) is 6.92 Å². The topological polar surface area (TPSA) is 99.1 Å². The molecule has 2 N–H and O–H groups in total. The smallest absolute Gasteiger partial charge is 0.246 e. The first kappa shape index (κ1) is 17.7. The number of amides is 2. The molecule has 2 aromatic heterocycles. The molecule has 0 bridgehead atoms. The lowest BCUT2D eigenvalue weighted by molar-refractivity contribution is -0.153. The normalized spacial score (nSPS) is 23.4. The van der Waals surface area contributed by atoms with Crippen molar-refractivity contribution >= 4 is 11.8 Å². The predicted octanol–water partition coefficient (Wildman–Crippen LogP) is -0.312. The Labute approximate surface area is 157 Å². The predicted molar refractivity (Wildman–Crippen MR) is 97.6 cm³/mol. The van der Waals surface area contributed by atoms with E-state index in [4.69, 9.17) is 0 Å². The van der Waals surface area contributed by atoms with E-state index >= 15 is 0 Å². The fourth-order valence-electron chi connectivity index (χ4n) is 3.87. The van der Waals surface area contributed by atoms with Crippen LogP contribution in [0.2, 0.25) is 0 Å². The summed E-state index contributed by atoms with van der Waals surface area (Å²) in [6.07, 6.45) is 5.76. The summed E-state index contributed by atoms with van der Waals surface area (Å²) >= 11 is 0. The largest absolute Gasteiger partial charge is 0.348 e. The van der Waals surface area contributed by atoms with Crippen LogP contribution in [-0.2, 0) is 29.1 Å². The van der Waals surface area contributed by atoms with E-state index < -0.39 is 12.1 Å². The SMILES string of the molecule is CCn1cc(CN2CCN3C(=O)[C@H](Cc4cnc[nH]4)NC(=O)[C@H]3C2)c(C)n1. The van der Waals surface area contributed by atoms with Crippen LogP contribution in [0.25, 0.3) is 0 Å². The van der Waals surface area contributed by atoms with Gasteiger partial charge in [0.05, 0.1) is 12.0 Å². The third-order valence-electron chi connectivity index (χ3n) is 5.41. The van der Waals surface area contributed by atoms with Crippen LogP contribution in [-0.4, -0.2) is 73.1 Å². The molecule has 9 heteroatoms. The van der Waals surface area contributed by atoms with Gasteiger partial charge in [0, 0.05) is 62.8 Å². The average Bonchev–Trinajstić information content (AvgIpc) is 3.29. The van der Waals surface area contributed by atoms with Gasteiger partial charge in [-0.3, -0.25) is 19.2 Å². The molecule has 0 aliphatic carbocycles. The van der Waals surface area contributed by atoms with E-state index in [1.54, 1.807) is 17.4 Å². The zero-order valence-corrected chi connectivity index (χ0v) is 15.7. The molecule has 2 aliphatic rings. The summed E-state index contributed by atoms with van der Waals surface area (Å²) < 4.78 is 1.93. The van der Waals surface area contributed by atoms with E-state index in [0.717, 1.165) is 31.0 Å². The molecule has 2 amide bonds. The van der Waals surface area contributed by atoms with Crippen molar-refractivity contribution in [3.8, 4) is 0 Å². The minimum absolute atomic E-state index is 0.0103. The van der Waals surface area contributed by atoms with Crippen LogP contribution in [0.5, 0.6) is 0 Å². The van der Waals surface area contributed by atoms with Crippen LogP contribution in [0.3, 0.4) is 0 Å². The number of carbonyl (C=O) groups is 2. The van der Waals surface area contributed by atoms with Crippen molar-refractivity contribution < 1.29 is 9.59 Å². The maximum Gasteiger partial charge on any atom is 0.246 e. The Balaban J connectivity index is 1.42. The van der Waals surface area contributed by atoms with Gasteiger partial charge in [-0.1, -0.05) is 0 Å². The van der Waals surface area contributed by atoms with Crippen LogP contribution in [0.1, 0.15) is 23.9 Å². The Morgan fingerprint density at radius 3 is 2.85 bits per heavy atom. The quantitative estimate of drug-likeness (QED) is 0.751. The summed E-state index contributed by atoms with van der Waals surface area (Å²) in [5, 5.41) is 7.38. The van der Waals surface area contributed by atoms with Crippen molar-refractivity contribution in [1.29, 1.82) is 0 Å². The molecule has 2 atom stereocenters. The highest BCUT2D eigenvalue weighted by molar-refractivity contribution is 5.97. The fourth-order valence-corrected chi connectivity index (χ4v) is 3.87. The van der Waals surface area contributed by atoms with E-state index in [1.165, 1.54) is 5.56 Å². The number of H-pyrrole nitrogens is 1. The van der Waals surface area contributed by atoms with Gasteiger partial charge in [0.15, 0.2) is 0 Å². The molecule has 9 nitrogen and oxygen atoms in total. The van der Waals surface area contributed by atoms with Crippen molar-refractivity contribution in [3.63, 3.8) is 0 Å². The van der Waals surface area contributed by atoms with Gasteiger partial charge in [0.1, 0.15) is 12.1 Å². The lowest BCUT2D eigenvalue weighted by Gasteiger charge is -2.45. The van der Waals surface area contributed by atoms with Gasteiger partial charge >= 0.3 is 0 Å². The highest BCUT2D eigenvalue weighted by Gasteiger charge is 2.43. The molecular formula is C18H25N7O2. The van der Waals surface area contributed by atoms with Crippen LogP contribution < -0.4 is 5.32 Å². The van der Waals surface area contributed by atoms with Crippen molar-refractivity contribution in [2.75, 3.05) is 19.6 Å². The van der Waals surface area contributed by atoms with Gasteiger partial charge in [-0.05, 0) is 13.8 Å². The number of carbonyl (C=O) groups excluding carboxylic acids is 2. The summed E-state index contributed by atoms with van der Waals surface area (Å²) in [5.74, 6) is -0.0892. The van der Waals surface area contributed by atoms with Crippen molar-refractivity contribution in [1.82, 2.24) is 34.9 Å². The second-order valence-corrected chi connectivity index (χ2v) is 7.22. The molecule has 2 aliphatic heterocycles. The van der Waals surface area contributed by atoms with E-state index in [-0.39, 0.29) is 11.8 Å². The summed E-state index contributed by atoms with van der Waals surface area (Å²) in [7, 11) is 0. The minimum Gasteiger partial charge on any atom is -0.348 e. The number of rotatable bonds is 5. The minimum atomic E-state index is -0.522. The third kappa shape index (κ3) is 3.46. The summed E-state index contributed by atoms with van der Waals surface area (Å²) in [5.41, 5.74) is 3.03. The van der Waals surface area contributed by atoms with Gasteiger partial charge in [-0.15, -0.1) is 0 Å². The molecule has 0 saturated carbocycles. The van der Waals surface area contributed by atoms with Crippen LogP contribution in [0.4, 0.5) is 0 Å². The van der Waals surface area contributed by atoms with Crippen LogP contribution in [0.15, 0.2) is 18.7 Å². The van der Waals surface area contributed by atoms with E-state index in [1.807, 2.05) is 11.6 Å². The number of fused-ring (bicyclic) bond motifs is 1. The van der Waals surface area contributed by atoms with E-state index in [9.17, 15) is 9.59 Å². The molecule has 27 heavy (non-hydrogen) atoms. The van der Waals surface area contributed by atoms with Gasteiger partial charge in [-0.2, -0.15) is 5.10 Å². The third-order valence-corrected chi connectivity index (χ3v) is 5.41. The first-order valence-electron chi connectivity index (χ1n) is 9.38.